The molecule has 0 spiro atoms. The van der Waals surface area contributed by atoms with Gasteiger partial charge in [-0.05, 0) is 18.1 Å². The molecule has 17 heavy (non-hydrogen) atoms. The highest BCUT2D eigenvalue weighted by Crippen LogP contribution is 2.25. The summed E-state index contributed by atoms with van der Waals surface area (Å²) in [5, 5.41) is 0. The highest BCUT2D eigenvalue weighted by atomic mass is 16.5. The van der Waals surface area contributed by atoms with E-state index in [0.29, 0.717) is 6.54 Å². The van der Waals surface area contributed by atoms with Crippen molar-refractivity contribution in [1.29, 1.82) is 0 Å². The van der Waals surface area contributed by atoms with Crippen LogP contribution in [0.15, 0.2) is 18.2 Å². The third-order valence-corrected chi connectivity index (χ3v) is 3.02. The van der Waals surface area contributed by atoms with E-state index in [4.69, 9.17) is 10.5 Å². The van der Waals surface area contributed by atoms with Crippen LogP contribution < -0.4 is 15.4 Å². The molecule has 3 heteroatoms. The summed E-state index contributed by atoms with van der Waals surface area (Å²) in [6, 6.07) is 6.07. The van der Waals surface area contributed by atoms with Crippen LogP contribution in [-0.4, -0.2) is 20.7 Å². The lowest BCUT2D eigenvalue weighted by Crippen LogP contribution is -2.20. The van der Waals surface area contributed by atoms with Gasteiger partial charge in [0.15, 0.2) is 0 Å². The quantitative estimate of drug-likeness (QED) is 0.740. The summed E-state index contributed by atoms with van der Waals surface area (Å²) in [5.74, 6) is 0.888. The lowest BCUT2D eigenvalue weighted by atomic mass is 10.1. The van der Waals surface area contributed by atoms with Crippen LogP contribution in [0.3, 0.4) is 0 Å². The Morgan fingerprint density at radius 2 is 2.06 bits per heavy atom. The molecule has 0 saturated carbocycles. The molecule has 0 amide bonds. The Morgan fingerprint density at radius 1 is 1.29 bits per heavy atom. The molecular weight excluding hydrogens is 212 g/mol. The zero-order valence-corrected chi connectivity index (χ0v) is 11.2. The Kier molecular flexibility index (Phi) is 5.84. The third kappa shape index (κ3) is 3.93. The van der Waals surface area contributed by atoms with Gasteiger partial charge < -0.3 is 15.4 Å². The maximum atomic E-state index is 5.77. The number of rotatable bonds is 7. The number of ether oxygens (including phenoxy) is 1. The third-order valence-electron chi connectivity index (χ3n) is 3.02. The molecule has 1 rings (SSSR count). The summed E-state index contributed by atoms with van der Waals surface area (Å²) >= 11 is 0. The lowest BCUT2D eigenvalue weighted by molar-refractivity contribution is 0.414. The first-order valence-corrected chi connectivity index (χ1v) is 6.31. The molecule has 0 aliphatic rings. The molecular formula is C14H24N2O. The number of methoxy groups -OCH3 is 1. The topological polar surface area (TPSA) is 38.5 Å². The predicted octanol–water partition coefficient (Wildman–Crippen LogP) is 2.78. The van der Waals surface area contributed by atoms with E-state index in [1.54, 1.807) is 7.11 Å². The average molecular weight is 236 g/mol. The monoisotopic (exact) mass is 236 g/mol. The van der Waals surface area contributed by atoms with Crippen molar-refractivity contribution in [1.82, 2.24) is 0 Å². The predicted molar refractivity (Wildman–Crippen MR) is 73.7 cm³/mol. The van der Waals surface area contributed by atoms with Crippen LogP contribution in [0.5, 0.6) is 5.75 Å². The smallest absolute Gasteiger partial charge is 0.120 e. The molecule has 0 radical (unpaired) electrons. The first kappa shape index (κ1) is 13.8. The van der Waals surface area contributed by atoms with Gasteiger partial charge in [-0.1, -0.05) is 25.8 Å². The largest absolute Gasteiger partial charge is 0.497 e. The Bertz CT molecular complexity index is 339. The van der Waals surface area contributed by atoms with Crippen molar-refractivity contribution in [2.24, 2.45) is 5.73 Å². The molecule has 0 aliphatic carbocycles. The van der Waals surface area contributed by atoms with Gasteiger partial charge in [0.25, 0.3) is 0 Å². The Hall–Kier alpha value is -1.22. The standard InChI is InChI=1S/C14H24N2O/c1-4-5-6-9-16(2)14-10-13(17-3)8-7-12(14)11-15/h7-8,10H,4-6,9,11,15H2,1-3H3. The van der Waals surface area contributed by atoms with Crippen LogP contribution in [0.2, 0.25) is 0 Å². The van der Waals surface area contributed by atoms with Crippen LogP contribution in [0, 0.1) is 0 Å². The molecule has 0 aromatic heterocycles. The van der Waals surface area contributed by atoms with E-state index in [0.717, 1.165) is 12.3 Å². The number of nitrogens with two attached hydrogens (primary N) is 1. The molecule has 0 aliphatic heterocycles. The van der Waals surface area contributed by atoms with Gasteiger partial charge in [0.1, 0.15) is 5.75 Å². The fourth-order valence-corrected chi connectivity index (χ4v) is 1.92. The van der Waals surface area contributed by atoms with Crippen LogP contribution in [0.25, 0.3) is 0 Å². The van der Waals surface area contributed by atoms with Gasteiger partial charge in [0, 0.05) is 31.9 Å². The minimum Gasteiger partial charge on any atom is -0.497 e. The van der Waals surface area contributed by atoms with E-state index in [1.165, 1.54) is 30.5 Å². The van der Waals surface area contributed by atoms with Crippen molar-refractivity contribution in [3.8, 4) is 5.75 Å². The van der Waals surface area contributed by atoms with Gasteiger partial charge in [-0.15, -0.1) is 0 Å². The Balaban J connectivity index is 2.78. The minimum atomic E-state index is 0.567. The van der Waals surface area contributed by atoms with E-state index in [-0.39, 0.29) is 0 Å². The molecule has 0 bridgehead atoms. The normalized spacial score (nSPS) is 10.4. The summed E-state index contributed by atoms with van der Waals surface area (Å²) in [5.41, 5.74) is 8.12. The van der Waals surface area contributed by atoms with Crippen molar-refractivity contribution in [3.63, 3.8) is 0 Å². The summed E-state index contributed by atoms with van der Waals surface area (Å²) in [6.07, 6.45) is 3.73. The maximum absolute atomic E-state index is 5.77. The maximum Gasteiger partial charge on any atom is 0.120 e. The van der Waals surface area contributed by atoms with Crippen LogP contribution in [-0.2, 0) is 6.54 Å². The number of benzene rings is 1. The average Bonchev–Trinajstić information content (AvgIpc) is 2.38. The highest BCUT2D eigenvalue weighted by molar-refractivity contribution is 5.56. The van der Waals surface area contributed by atoms with Crippen molar-refractivity contribution in [3.05, 3.63) is 23.8 Å². The highest BCUT2D eigenvalue weighted by Gasteiger charge is 2.07. The fourth-order valence-electron chi connectivity index (χ4n) is 1.92. The zero-order chi connectivity index (χ0) is 12.7. The van der Waals surface area contributed by atoms with E-state index in [2.05, 4.69) is 24.9 Å². The summed E-state index contributed by atoms with van der Waals surface area (Å²) in [4.78, 5) is 2.26. The van der Waals surface area contributed by atoms with Crippen LogP contribution in [0.4, 0.5) is 5.69 Å². The molecule has 2 N–H and O–H groups in total. The zero-order valence-electron chi connectivity index (χ0n) is 11.2. The molecule has 1 aromatic rings. The van der Waals surface area contributed by atoms with Crippen molar-refractivity contribution < 1.29 is 4.74 Å². The van der Waals surface area contributed by atoms with Gasteiger partial charge in [-0.2, -0.15) is 0 Å². The minimum absolute atomic E-state index is 0.567. The van der Waals surface area contributed by atoms with E-state index < -0.39 is 0 Å². The Labute approximate surface area is 105 Å². The number of nitrogens with zero attached hydrogens (tertiary/aromatic N) is 1. The van der Waals surface area contributed by atoms with Gasteiger partial charge in [-0.25, -0.2) is 0 Å². The molecule has 0 heterocycles. The van der Waals surface area contributed by atoms with Crippen molar-refractivity contribution in [2.45, 2.75) is 32.7 Å². The van der Waals surface area contributed by atoms with E-state index in [1.807, 2.05) is 12.1 Å². The van der Waals surface area contributed by atoms with Crippen LogP contribution in [0.1, 0.15) is 31.7 Å². The first-order valence-electron chi connectivity index (χ1n) is 6.31. The number of hydrogen-bond donors (Lipinski definition) is 1. The van der Waals surface area contributed by atoms with Gasteiger partial charge >= 0.3 is 0 Å². The summed E-state index contributed by atoms with van der Waals surface area (Å²) in [6.45, 7) is 3.85. The molecule has 0 saturated heterocycles. The molecule has 0 fully saturated rings. The first-order chi connectivity index (χ1) is 8.22. The number of unbranched alkanes of at least 4 members (excludes halogenated alkanes) is 2. The summed E-state index contributed by atoms with van der Waals surface area (Å²) in [7, 11) is 3.81. The molecule has 1 aromatic carbocycles. The second kappa shape index (κ2) is 7.17. The second-order valence-electron chi connectivity index (χ2n) is 4.33. The van der Waals surface area contributed by atoms with E-state index >= 15 is 0 Å². The van der Waals surface area contributed by atoms with Gasteiger partial charge in [0.05, 0.1) is 7.11 Å². The Morgan fingerprint density at radius 3 is 2.65 bits per heavy atom. The number of anilines is 1. The SMILES string of the molecule is CCCCCN(C)c1cc(OC)ccc1CN. The van der Waals surface area contributed by atoms with Gasteiger partial charge in [-0.3, -0.25) is 0 Å². The van der Waals surface area contributed by atoms with Crippen LogP contribution >= 0.6 is 0 Å². The lowest BCUT2D eigenvalue weighted by Gasteiger charge is -2.22. The van der Waals surface area contributed by atoms with Crippen molar-refractivity contribution in [2.75, 3.05) is 25.6 Å². The summed E-state index contributed by atoms with van der Waals surface area (Å²) < 4.78 is 5.26. The molecule has 0 unspecified atom stereocenters. The fraction of sp³-hybridized carbons (Fsp3) is 0.571. The molecule has 96 valence electrons. The molecule has 0 atom stereocenters. The van der Waals surface area contributed by atoms with E-state index in [9.17, 15) is 0 Å². The van der Waals surface area contributed by atoms with Gasteiger partial charge in [0.2, 0.25) is 0 Å². The number of hydrogen-bond acceptors (Lipinski definition) is 3. The molecule has 3 nitrogen and oxygen atoms in total. The second-order valence-corrected chi connectivity index (χ2v) is 4.33. The van der Waals surface area contributed by atoms with Crippen molar-refractivity contribution >= 4 is 5.69 Å².